The number of hydrogen-bond acceptors (Lipinski definition) is 4. The minimum absolute atomic E-state index is 0.301. The Morgan fingerprint density at radius 3 is 1.84 bits per heavy atom. The minimum atomic E-state index is -1.65. The van der Waals surface area contributed by atoms with E-state index in [1.54, 1.807) is 20.8 Å². The van der Waals surface area contributed by atoms with E-state index in [1.807, 2.05) is 26.7 Å². The van der Waals surface area contributed by atoms with Crippen molar-refractivity contribution >= 4 is 5.97 Å². The van der Waals surface area contributed by atoms with Crippen molar-refractivity contribution < 1.29 is 27.1 Å². The zero-order valence-corrected chi connectivity index (χ0v) is 18.9. The summed E-state index contributed by atoms with van der Waals surface area (Å²) in [5.41, 5.74) is -2.44. The maximum Gasteiger partial charge on any atom is 0.314 e. The molecule has 1 unspecified atom stereocenters. The van der Waals surface area contributed by atoms with Gasteiger partial charge >= 0.3 is 5.97 Å². The summed E-state index contributed by atoms with van der Waals surface area (Å²) in [7, 11) is 0. The minimum Gasteiger partial charge on any atom is -0.460 e. The Hall–Kier alpha value is -2.95. The number of nitrogens with zero attached hydrogens (tertiary/aromatic N) is 2. The Labute approximate surface area is 185 Å². The van der Waals surface area contributed by atoms with Crippen LogP contribution in [0.5, 0.6) is 0 Å². The third-order valence-corrected chi connectivity index (χ3v) is 4.86. The van der Waals surface area contributed by atoms with Crippen LogP contribution in [0.3, 0.4) is 0 Å². The summed E-state index contributed by atoms with van der Waals surface area (Å²) >= 11 is 0. The fourth-order valence-electron chi connectivity index (χ4n) is 3.20. The zero-order valence-electron chi connectivity index (χ0n) is 18.9. The van der Waals surface area contributed by atoms with E-state index < -0.39 is 64.7 Å². The van der Waals surface area contributed by atoms with E-state index in [9.17, 15) is 22.4 Å². The average Bonchev–Trinajstić information content (AvgIpc) is 2.68. The van der Waals surface area contributed by atoms with Gasteiger partial charge in [-0.15, -0.1) is 12.3 Å². The first-order chi connectivity index (χ1) is 14.7. The number of terminal acetylenes is 1. The second kappa shape index (κ2) is 9.27. The summed E-state index contributed by atoms with van der Waals surface area (Å²) < 4.78 is 62.0. The van der Waals surface area contributed by atoms with Crippen LogP contribution in [0, 0.1) is 41.0 Å². The molecule has 0 saturated heterocycles. The summed E-state index contributed by atoms with van der Waals surface area (Å²) in [6, 6.07) is 0. The van der Waals surface area contributed by atoms with E-state index in [-0.39, 0.29) is 5.41 Å². The topological polar surface area (TPSA) is 52.1 Å². The molecule has 1 aromatic heterocycles. The maximum atomic E-state index is 14.3. The number of ether oxygens (including phenoxy) is 1. The van der Waals surface area contributed by atoms with Gasteiger partial charge in [-0.3, -0.25) is 4.79 Å². The van der Waals surface area contributed by atoms with Crippen molar-refractivity contribution in [1.29, 1.82) is 0 Å². The molecule has 1 heterocycles. The third kappa shape index (κ3) is 5.26. The SMILES string of the molecule is C#CCc1c(F)c(F)c(COC(=O)C(c2cnc(C(C)(C)C)nc2)C(C)(C)C)c(F)c1F. The molecule has 4 nitrogen and oxygen atoms in total. The first kappa shape index (κ1) is 25.3. The van der Waals surface area contributed by atoms with Crippen molar-refractivity contribution in [3.63, 3.8) is 0 Å². The summed E-state index contributed by atoms with van der Waals surface area (Å²) in [6.45, 7) is 10.1. The molecule has 172 valence electrons. The largest absolute Gasteiger partial charge is 0.460 e. The van der Waals surface area contributed by atoms with Crippen LogP contribution in [0.1, 0.15) is 70.0 Å². The number of carbonyl (C=O) groups is 1. The second-order valence-corrected chi connectivity index (χ2v) is 9.59. The molecule has 0 spiro atoms. The highest BCUT2D eigenvalue weighted by atomic mass is 19.2. The number of rotatable bonds is 5. The Kier molecular flexibility index (Phi) is 7.33. The molecule has 0 N–H and O–H groups in total. The Balaban J connectivity index is 2.34. The van der Waals surface area contributed by atoms with Gasteiger partial charge < -0.3 is 4.74 Å². The van der Waals surface area contributed by atoms with E-state index in [0.29, 0.717) is 11.4 Å². The molecule has 0 aliphatic rings. The van der Waals surface area contributed by atoms with Gasteiger partial charge in [0, 0.05) is 35.4 Å². The third-order valence-electron chi connectivity index (χ3n) is 4.86. The Morgan fingerprint density at radius 2 is 1.44 bits per heavy atom. The number of hydrogen-bond donors (Lipinski definition) is 0. The average molecular weight is 450 g/mol. The van der Waals surface area contributed by atoms with E-state index >= 15 is 0 Å². The van der Waals surface area contributed by atoms with Crippen molar-refractivity contribution in [3.05, 3.63) is 58.2 Å². The molecule has 0 aliphatic heterocycles. The molecule has 0 saturated carbocycles. The maximum absolute atomic E-state index is 14.3. The second-order valence-electron chi connectivity index (χ2n) is 9.59. The number of esters is 1. The van der Waals surface area contributed by atoms with Crippen LogP contribution < -0.4 is 0 Å². The van der Waals surface area contributed by atoms with E-state index in [2.05, 4.69) is 9.97 Å². The Morgan fingerprint density at radius 1 is 0.969 bits per heavy atom. The smallest absolute Gasteiger partial charge is 0.314 e. The summed E-state index contributed by atoms with van der Waals surface area (Å²) in [5.74, 6) is -5.71. The molecule has 8 heteroatoms. The number of benzene rings is 1. The van der Waals surface area contributed by atoms with Crippen LogP contribution in [0.2, 0.25) is 0 Å². The highest BCUT2D eigenvalue weighted by Crippen LogP contribution is 2.36. The van der Waals surface area contributed by atoms with Crippen molar-refractivity contribution in [3.8, 4) is 12.3 Å². The van der Waals surface area contributed by atoms with Gasteiger partial charge in [-0.2, -0.15) is 0 Å². The van der Waals surface area contributed by atoms with Crippen molar-refractivity contribution in [2.45, 2.75) is 65.9 Å². The zero-order chi connectivity index (χ0) is 24.4. The van der Waals surface area contributed by atoms with Gasteiger partial charge in [-0.1, -0.05) is 41.5 Å². The van der Waals surface area contributed by atoms with Gasteiger partial charge in [0.15, 0.2) is 23.3 Å². The van der Waals surface area contributed by atoms with Gasteiger partial charge in [0.05, 0.1) is 11.5 Å². The van der Waals surface area contributed by atoms with Gasteiger partial charge in [-0.25, -0.2) is 27.5 Å². The number of aromatic nitrogens is 2. The fourth-order valence-corrected chi connectivity index (χ4v) is 3.20. The Bertz CT molecular complexity index is 1020. The first-order valence-electron chi connectivity index (χ1n) is 9.96. The van der Waals surface area contributed by atoms with E-state index in [4.69, 9.17) is 11.2 Å². The molecule has 0 aliphatic carbocycles. The van der Waals surface area contributed by atoms with Gasteiger partial charge in [0.2, 0.25) is 0 Å². The molecule has 2 rings (SSSR count). The van der Waals surface area contributed by atoms with E-state index in [0.717, 1.165) is 0 Å². The standard InChI is InChI=1S/C24H26F4N2O2/c1-8-9-14-17(25)19(27)15(20(28)18(14)26)12-32-21(31)16(23(2,3)4)13-10-29-22(30-11-13)24(5,6)7/h1,10-11,16H,9,12H2,2-7H3. The number of carbonyl (C=O) groups excluding carboxylic acids is 1. The van der Waals surface area contributed by atoms with Crippen molar-refractivity contribution in [2.75, 3.05) is 0 Å². The summed E-state index contributed by atoms with van der Waals surface area (Å²) in [4.78, 5) is 21.5. The highest BCUT2D eigenvalue weighted by molar-refractivity contribution is 5.79. The lowest BCUT2D eigenvalue weighted by atomic mass is 9.77. The molecule has 0 radical (unpaired) electrons. The van der Waals surface area contributed by atoms with Crippen molar-refractivity contribution in [2.24, 2.45) is 5.41 Å². The normalized spacial score (nSPS) is 12.9. The molecule has 2 aromatic rings. The quantitative estimate of drug-likeness (QED) is 0.266. The molecule has 0 bridgehead atoms. The van der Waals surface area contributed by atoms with Crippen molar-refractivity contribution in [1.82, 2.24) is 9.97 Å². The van der Waals surface area contributed by atoms with Crippen LogP contribution >= 0.6 is 0 Å². The predicted octanol–water partition coefficient (Wildman–Crippen LogP) is 5.38. The van der Waals surface area contributed by atoms with Gasteiger partial charge in [-0.05, 0) is 5.41 Å². The van der Waals surface area contributed by atoms with Crippen LogP contribution in [0.15, 0.2) is 12.4 Å². The molecular formula is C24H26F4N2O2. The predicted molar refractivity (Wildman–Crippen MR) is 112 cm³/mol. The first-order valence-corrected chi connectivity index (χ1v) is 9.96. The lowest BCUT2D eigenvalue weighted by Gasteiger charge is -2.29. The molecule has 32 heavy (non-hydrogen) atoms. The van der Waals surface area contributed by atoms with E-state index in [1.165, 1.54) is 12.4 Å². The highest BCUT2D eigenvalue weighted by Gasteiger charge is 2.36. The lowest BCUT2D eigenvalue weighted by Crippen LogP contribution is -2.29. The molecule has 0 amide bonds. The number of halogens is 4. The fraction of sp³-hybridized carbons (Fsp3) is 0.458. The lowest BCUT2D eigenvalue weighted by molar-refractivity contribution is -0.149. The molecule has 1 aromatic carbocycles. The molecule has 0 fully saturated rings. The molecule has 1 atom stereocenters. The summed E-state index contributed by atoms with van der Waals surface area (Å²) in [6.07, 6.45) is 7.37. The van der Waals surface area contributed by atoms with Crippen LogP contribution in [0.25, 0.3) is 0 Å². The summed E-state index contributed by atoms with van der Waals surface area (Å²) in [5, 5.41) is 0. The van der Waals surface area contributed by atoms with Crippen LogP contribution in [0.4, 0.5) is 17.6 Å². The van der Waals surface area contributed by atoms with Gasteiger partial charge in [0.25, 0.3) is 0 Å². The molecular weight excluding hydrogens is 424 g/mol. The van der Waals surface area contributed by atoms with Crippen LogP contribution in [-0.4, -0.2) is 15.9 Å². The monoisotopic (exact) mass is 450 g/mol. The van der Waals surface area contributed by atoms with Gasteiger partial charge in [0.1, 0.15) is 12.4 Å². The van der Waals surface area contributed by atoms with Crippen LogP contribution in [-0.2, 0) is 28.0 Å².